The highest BCUT2D eigenvalue weighted by Crippen LogP contribution is 2.27. The predicted molar refractivity (Wildman–Crippen MR) is 93.2 cm³/mol. The van der Waals surface area contributed by atoms with Crippen molar-refractivity contribution in [3.63, 3.8) is 0 Å². The van der Waals surface area contributed by atoms with Crippen LogP contribution in [0.4, 0.5) is 5.69 Å². The fourth-order valence-corrected chi connectivity index (χ4v) is 4.54. The van der Waals surface area contributed by atoms with E-state index in [1.165, 1.54) is 4.31 Å². The van der Waals surface area contributed by atoms with Gasteiger partial charge in [-0.25, -0.2) is 8.42 Å². The minimum Gasteiger partial charge on any atom is -0.325 e. The van der Waals surface area contributed by atoms with Crippen LogP contribution in [0.5, 0.6) is 0 Å². The number of hydrogen-bond acceptors (Lipinski definition) is 3. The average molecular weight is 344 g/mol. The van der Waals surface area contributed by atoms with E-state index in [9.17, 15) is 13.2 Å². The van der Waals surface area contributed by atoms with Crippen LogP contribution in [0.25, 0.3) is 0 Å². The van der Waals surface area contributed by atoms with E-state index < -0.39 is 16.1 Å². The molecule has 24 heavy (non-hydrogen) atoms. The van der Waals surface area contributed by atoms with Gasteiger partial charge in [0.05, 0.1) is 4.90 Å². The summed E-state index contributed by atoms with van der Waals surface area (Å²) in [6.07, 6.45) is 1.21. The molecular formula is C18H20N2O3S. The molecule has 3 rings (SSSR count). The van der Waals surface area contributed by atoms with Crippen LogP contribution in [0.2, 0.25) is 0 Å². The number of nitrogens with zero attached hydrogens (tertiary/aromatic N) is 1. The van der Waals surface area contributed by atoms with Crippen molar-refractivity contribution in [2.75, 3.05) is 11.9 Å². The van der Waals surface area contributed by atoms with Gasteiger partial charge in [0.1, 0.15) is 6.04 Å². The van der Waals surface area contributed by atoms with Gasteiger partial charge in [-0.05, 0) is 44.0 Å². The van der Waals surface area contributed by atoms with Crippen LogP contribution in [0.3, 0.4) is 0 Å². The second-order valence-electron chi connectivity index (χ2n) is 5.94. The quantitative estimate of drug-likeness (QED) is 0.927. The summed E-state index contributed by atoms with van der Waals surface area (Å²) in [5.74, 6) is -0.283. The second-order valence-corrected chi connectivity index (χ2v) is 7.83. The molecule has 1 aliphatic heterocycles. The summed E-state index contributed by atoms with van der Waals surface area (Å²) in [6.45, 7) is 2.27. The van der Waals surface area contributed by atoms with Crippen LogP contribution in [-0.2, 0) is 14.8 Å². The molecule has 1 atom stereocenters. The number of rotatable bonds is 4. The molecule has 0 radical (unpaired) electrons. The maximum absolute atomic E-state index is 12.9. The van der Waals surface area contributed by atoms with Crippen LogP contribution >= 0.6 is 0 Å². The molecule has 0 spiro atoms. The van der Waals surface area contributed by atoms with E-state index in [1.54, 1.807) is 36.4 Å². The number of carbonyl (C=O) groups excluding carboxylic acids is 1. The van der Waals surface area contributed by atoms with E-state index in [4.69, 9.17) is 0 Å². The number of carbonyl (C=O) groups is 1. The first-order chi connectivity index (χ1) is 11.5. The molecule has 5 nitrogen and oxygen atoms in total. The zero-order valence-corrected chi connectivity index (χ0v) is 14.3. The third kappa shape index (κ3) is 3.34. The molecule has 1 fully saturated rings. The van der Waals surface area contributed by atoms with Gasteiger partial charge in [-0.2, -0.15) is 4.31 Å². The predicted octanol–water partition coefficient (Wildman–Crippen LogP) is 2.79. The molecule has 0 unspecified atom stereocenters. The zero-order chi connectivity index (χ0) is 17.2. The Morgan fingerprint density at radius 2 is 1.75 bits per heavy atom. The van der Waals surface area contributed by atoms with Crippen molar-refractivity contribution >= 4 is 21.6 Å². The van der Waals surface area contributed by atoms with Crippen LogP contribution < -0.4 is 5.32 Å². The van der Waals surface area contributed by atoms with E-state index in [-0.39, 0.29) is 10.8 Å². The van der Waals surface area contributed by atoms with Gasteiger partial charge in [-0.1, -0.05) is 35.9 Å². The van der Waals surface area contributed by atoms with Crippen molar-refractivity contribution in [2.45, 2.75) is 30.7 Å². The van der Waals surface area contributed by atoms with E-state index >= 15 is 0 Å². The molecule has 1 amide bonds. The monoisotopic (exact) mass is 344 g/mol. The van der Waals surface area contributed by atoms with Gasteiger partial charge < -0.3 is 5.32 Å². The van der Waals surface area contributed by atoms with Crippen LogP contribution in [-0.4, -0.2) is 31.2 Å². The first-order valence-electron chi connectivity index (χ1n) is 7.93. The van der Waals surface area contributed by atoms with Crippen molar-refractivity contribution in [3.8, 4) is 0 Å². The van der Waals surface area contributed by atoms with Crippen molar-refractivity contribution in [1.82, 2.24) is 4.31 Å². The lowest BCUT2D eigenvalue weighted by atomic mass is 10.2. The van der Waals surface area contributed by atoms with Gasteiger partial charge in [0, 0.05) is 12.2 Å². The standard InChI is InChI=1S/C18H20N2O3S/c1-14-9-11-16(12-10-14)24(22,23)20-13-5-8-17(20)18(21)19-15-6-3-2-4-7-15/h2-4,6-7,9-12,17H,5,8,13H2,1H3,(H,19,21)/t17-/m0/s1. The van der Waals surface area contributed by atoms with Crippen LogP contribution in [0, 0.1) is 6.92 Å². The SMILES string of the molecule is Cc1ccc(S(=O)(=O)N2CCC[C@H]2C(=O)Nc2ccccc2)cc1. The lowest BCUT2D eigenvalue weighted by molar-refractivity contribution is -0.119. The maximum atomic E-state index is 12.9. The Labute approximate surface area is 142 Å². The number of nitrogens with one attached hydrogen (secondary N) is 1. The second kappa shape index (κ2) is 6.75. The first-order valence-corrected chi connectivity index (χ1v) is 9.37. The number of sulfonamides is 1. The molecule has 0 saturated carbocycles. The molecule has 0 aromatic heterocycles. The van der Waals surface area contributed by atoms with Crippen molar-refractivity contribution in [1.29, 1.82) is 0 Å². The normalized spacial score (nSPS) is 18.5. The van der Waals surface area contributed by atoms with Gasteiger partial charge in [-0.3, -0.25) is 4.79 Å². The van der Waals surface area contributed by atoms with Crippen molar-refractivity contribution < 1.29 is 13.2 Å². The Balaban J connectivity index is 1.82. The number of anilines is 1. The summed E-state index contributed by atoms with van der Waals surface area (Å²) in [7, 11) is -3.67. The van der Waals surface area contributed by atoms with E-state index in [0.29, 0.717) is 25.1 Å². The molecule has 126 valence electrons. The number of para-hydroxylation sites is 1. The summed E-state index contributed by atoms with van der Waals surface area (Å²) in [6, 6.07) is 15.1. The number of aryl methyl sites for hydroxylation is 1. The third-order valence-corrected chi connectivity index (χ3v) is 6.10. The molecule has 1 saturated heterocycles. The highest BCUT2D eigenvalue weighted by molar-refractivity contribution is 7.89. The van der Waals surface area contributed by atoms with Gasteiger partial charge in [0.2, 0.25) is 15.9 Å². The Bertz CT molecular complexity index is 817. The lowest BCUT2D eigenvalue weighted by Crippen LogP contribution is -2.43. The molecular weight excluding hydrogens is 324 g/mol. The fraction of sp³-hybridized carbons (Fsp3) is 0.278. The minimum atomic E-state index is -3.67. The largest absolute Gasteiger partial charge is 0.325 e. The van der Waals surface area contributed by atoms with Gasteiger partial charge in [-0.15, -0.1) is 0 Å². The molecule has 1 aliphatic rings. The van der Waals surface area contributed by atoms with Gasteiger partial charge >= 0.3 is 0 Å². The smallest absolute Gasteiger partial charge is 0.243 e. The summed E-state index contributed by atoms with van der Waals surface area (Å²) in [5.41, 5.74) is 1.66. The summed E-state index contributed by atoms with van der Waals surface area (Å²) >= 11 is 0. The number of amides is 1. The molecule has 1 N–H and O–H groups in total. The molecule has 6 heteroatoms. The van der Waals surface area contributed by atoms with Crippen LogP contribution in [0.15, 0.2) is 59.5 Å². The summed E-state index contributed by atoms with van der Waals surface area (Å²) in [5, 5.41) is 2.80. The summed E-state index contributed by atoms with van der Waals surface area (Å²) in [4.78, 5) is 12.8. The van der Waals surface area contributed by atoms with E-state index in [0.717, 1.165) is 5.56 Å². The Kier molecular flexibility index (Phi) is 4.69. The summed E-state index contributed by atoms with van der Waals surface area (Å²) < 4.78 is 27.0. The zero-order valence-electron chi connectivity index (χ0n) is 13.5. The number of hydrogen-bond donors (Lipinski definition) is 1. The van der Waals surface area contributed by atoms with E-state index in [1.807, 2.05) is 25.1 Å². The van der Waals surface area contributed by atoms with E-state index in [2.05, 4.69) is 5.32 Å². The highest BCUT2D eigenvalue weighted by atomic mass is 32.2. The fourth-order valence-electron chi connectivity index (χ4n) is 2.88. The Morgan fingerprint density at radius 3 is 2.42 bits per heavy atom. The van der Waals surface area contributed by atoms with Crippen molar-refractivity contribution in [2.24, 2.45) is 0 Å². The number of benzene rings is 2. The molecule has 0 bridgehead atoms. The maximum Gasteiger partial charge on any atom is 0.243 e. The third-order valence-electron chi connectivity index (χ3n) is 4.18. The Morgan fingerprint density at radius 1 is 1.08 bits per heavy atom. The van der Waals surface area contributed by atoms with Crippen molar-refractivity contribution in [3.05, 3.63) is 60.2 Å². The van der Waals surface area contributed by atoms with Crippen LogP contribution in [0.1, 0.15) is 18.4 Å². The van der Waals surface area contributed by atoms with Gasteiger partial charge in [0.15, 0.2) is 0 Å². The minimum absolute atomic E-state index is 0.229. The Hall–Kier alpha value is -2.18. The highest BCUT2D eigenvalue weighted by Gasteiger charge is 2.39. The molecule has 0 aliphatic carbocycles. The van der Waals surface area contributed by atoms with Gasteiger partial charge in [0.25, 0.3) is 0 Å². The molecule has 2 aromatic carbocycles. The topological polar surface area (TPSA) is 66.5 Å². The molecule has 2 aromatic rings. The lowest BCUT2D eigenvalue weighted by Gasteiger charge is -2.23. The first kappa shape index (κ1) is 16.7. The molecule has 1 heterocycles. The average Bonchev–Trinajstić information content (AvgIpc) is 3.07.